The molecule has 0 bridgehead atoms. The fraction of sp³-hybridized carbons (Fsp3) is 0.333. The average Bonchev–Trinajstić information content (AvgIpc) is 2.97. The predicted octanol–water partition coefficient (Wildman–Crippen LogP) is 6.57. The topological polar surface area (TPSA) is 96.0 Å². The number of sulfonamides is 1. The number of ether oxygens (including phenoxy) is 1. The summed E-state index contributed by atoms with van der Waals surface area (Å²) in [7, 11) is -2.89. The van der Waals surface area contributed by atoms with Crippen molar-refractivity contribution in [3.8, 4) is 5.75 Å². The Morgan fingerprint density at radius 3 is 2.21 bits per heavy atom. The van der Waals surface area contributed by atoms with Crippen LogP contribution in [0.3, 0.4) is 0 Å². The zero-order chi connectivity index (χ0) is 31.0. The van der Waals surface area contributed by atoms with Crippen LogP contribution in [0, 0.1) is 0 Å². The summed E-state index contributed by atoms with van der Waals surface area (Å²) in [5.41, 5.74) is 0.694. The largest absolute Gasteiger partial charge is 0.495 e. The summed E-state index contributed by atoms with van der Waals surface area (Å²) in [6.07, 6.45) is 0.974. The number of carbonyl (C=O) groups is 2. The molecule has 2 atom stereocenters. The number of amides is 2. The maximum Gasteiger partial charge on any atom is 0.264 e. The van der Waals surface area contributed by atoms with Gasteiger partial charge in [-0.1, -0.05) is 72.9 Å². The number of carbonyl (C=O) groups excluding carboxylic acids is 2. The highest BCUT2D eigenvalue weighted by molar-refractivity contribution is 7.92. The van der Waals surface area contributed by atoms with Gasteiger partial charge in [0.05, 0.1) is 27.7 Å². The molecule has 0 aliphatic rings. The van der Waals surface area contributed by atoms with Gasteiger partial charge in [0.25, 0.3) is 10.0 Å². The second-order valence-electron chi connectivity index (χ2n) is 9.65. The SMILES string of the molecule is CCC(C)NC(=O)C(CC)N(Cc1ccc(Cl)c(Cl)c1)C(=O)CN(c1cc(Cl)ccc1OC)S(=O)(=O)c1ccccc1. The number of nitrogens with one attached hydrogen (secondary N) is 1. The van der Waals surface area contributed by atoms with E-state index in [-0.39, 0.29) is 51.3 Å². The number of anilines is 1. The lowest BCUT2D eigenvalue weighted by atomic mass is 10.1. The van der Waals surface area contributed by atoms with Crippen molar-refractivity contribution < 1.29 is 22.7 Å². The number of methoxy groups -OCH3 is 1. The summed E-state index contributed by atoms with van der Waals surface area (Å²) in [6, 6.07) is 16.1. The van der Waals surface area contributed by atoms with E-state index >= 15 is 0 Å². The summed E-state index contributed by atoms with van der Waals surface area (Å²) in [4.78, 5) is 28.9. The highest BCUT2D eigenvalue weighted by Crippen LogP contribution is 2.35. The Hall–Kier alpha value is -2.98. The summed E-state index contributed by atoms with van der Waals surface area (Å²) in [5.74, 6) is -0.767. The third-order valence-electron chi connectivity index (χ3n) is 6.74. The molecule has 1 N–H and O–H groups in total. The zero-order valence-electron chi connectivity index (χ0n) is 23.8. The Morgan fingerprint density at radius 2 is 1.62 bits per heavy atom. The third-order valence-corrected chi connectivity index (χ3v) is 9.49. The molecule has 0 aliphatic carbocycles. The first-order valence-electron chi connectivity index (χ1n) is 13.4. The maximum absolute atomic E-state index is 14.2. The Kier molecular flexibility index (Phi) is 11.9. The maximum atomic E-state index is 14.2. The predicted molar refractivity (Wildman–Crippen MR) is 168 cm³/mol. The fourth-order valence-corrected chi connectivity index (χ4v) is 6.21. The molecule has 0 radical (unpaired) electrons. The Labute approximate surface area is 262 Å². The van der Waals surface area contributed by atoms with Gasteiger partial charge in [-0.2, -0.15) is 0 Å². The van der Waals surface area contributed by atoms with Gasteiger partial charge in [-0.25, -0.2) is 8.42 Å². The van der Waals surface area contributed by atoms with E-state index in [2.05, 4.69) is 5.32 Å². The summed E-state index contributed by atoms with van der Waals surface area (Å²) in [6.45, 7) is 4.94. The lowest BCUT2D eigenvalue weighted by molar-refractivity contribution is -0.140. The number of hydrogen-bond acceptors (Lipinski definition) is 5. The van der Waals surface area contributed by atoms with E-state index in [1.54, 1.807) is 49.4 Å². The average molecular weight is 655 g/mol. The lowest BCUT2D eigenvalue weighted by Crippen LogP contribution is -2.53. The molecule has 0 aromatic heterocycles. The minimum atomic E-state index is -4.28. The molecule has 0 saturated heterocycles. The molecule has 0 fully saturated rings. The summed E-state index contributed by atoms with van der Waals surface area (Å²) < 4.78 is 34.4. The number of benzene rings is 3. The highest BCUT2D eigenvalue weighted by atomic mass is 35.5. The van der Waals surface area contributed by atoms with Crippen LogP contribution >= 0.6 is 34.8 Å². The van der Waals surface area contributed by atoms with Crippen LogP contribution in [-0.4, -0.2) is 50.9 Å². The van der Waals surface area contributed by atoms with Gasteiger partial charge < -0.3 is 15.0 Å². The quantitative estimate of drug-likeness (QED) is 0.225. The van der Waals surface area contributed by atoms with Gasteiger partial charge in [-0.3, -0.25) is 13.9 Å². The van der Waals surface area contributed by atoms with Crippen LogP contribution < -0.4 is 14.4 Å². The van der Waals surface area contributed by atoms with Crippen molar-refractivity contribution in [1.29, 1.82) is 0 Å². The molecule has 2 unspecified atom stereocenters. The van der Waals surface area contributed by atoms with E-state index in [9.17, 15) is 18.0 Å². The molecule has 8 nitrogen and oxygen atoms in total. The van der Waals surface area contributed by atoms with Gasteiger partial charge in [-0.15, -0.1) is 0 Å². The minimum absolute atomic E-state index is 0.0198. The first-order valence-corrected chi connectivity index (χ1v) is 15.9. The van der Waals surface area contributed by atoms with E-state index in [1.807, 2.05) is 13.8 Å². The van der Waals surface area contributed by atoms with Crippen molar-refractivity contribution in [2.75, 3.05) is 18.0 Å². The molecule has 0 heterocycles. The smallest absolute Gasteiger partial charge is 0.264 e. The fourth-order valence-electron chi connectivity index (χ4n) is 4.29. The summed E-state index contributed by atoms with van der Waals surface area (Å²) in [5, 5.41) is 3.82. The van der Waals surface area contributed by atoms with E-state index in [4.69, 9.17) is 39.5 Å². The molecule has 2 amide bonds. The normalized spacial score (nSPS) is 12.7. The molecular formula is C30H34Cl3N3O5S. The zero-order valence-corrected chi connectivity index (χ0v) is 26.9. The number of halogens is 3. The first kappa shape index (κ1) is 33.5. The van der Waals surface area contributed by atoms with Crippen LogP contribution in [0.1, 0.15) is 39.2 Å². The molecule has 0 spiro atoms. The number of nitrogens with zero attached hydrogens (tertiary/aromatic N) is 2. The van der Waals surface area contributed by atoms with Crippen molar-refractivity contribution in [2.24, 2.45) is 0 Å². The van der Waals surface area contributed by atoms with Crippen LogP contribution in [0.2, 0.25) is 15.1 Å². The van der Waals surface area contributed by atoms with E-state index in [1.165, 1.54) is 36.3 Å². The number of hydrogen-bond donors (Lipinski definition) is 1. The van der Waals surface area contributed by atoms with Gasteiger partial charge >= 0.3 is 0 Å². The van der Waals surface area contributed by atoms with Crippen LogP contribution in [0.15, 0.2) is 71.6 Å². The molecule has 226 valence electrons. The van der Waals surface area contributed by atoms with Crippen molar-refractivity contribution in [2.45, 2.75) is 57.1 Å². The highest BCUT2D eigenvalue weighted by Gasteiger charge is 2.35. The molecule has 3 aromatic rings. The Morgan fingerprint density at radius 1 is 0.929 bits per heavy atom. The van der Waals surface area contributed by atoms with E-state index in [0.29, 0.717) is 17.0 Å². The van der Waals surface area contributed by atoms with Crippen LogP contribution in [0.4, 0.5) is 5.69 Å². The molecular weight excluding hydrogens is 621 g/mol. The lowest BCUT2D eigenvalue weighted by Gasteiger charge is -2.34. The molecule has 12 heteroatoms. The van der Waals surface area contributed by atoms with Crippen molar-refractivity contribution in [3.05, 3.63) is 87.4 Å². The van der Waals surface area contributed by atoms with Crippen LogP contribution in [0.5, 0.6) is 5.75 Å². The second-order valence-corrected chi connectivity index (χ2v) is 12.8. The molecule has 0 aliphatic heterocycles. The summed E-state index contributed by atoms with van der Waals surface area (Å²) >= 11 is 18.6. The van der Waals surface area contributed by atoms with Crippen LogP contribution in [-0.2, 0) is 26.2 Å². The van der Waals surface area contributed by atoms with Crippen molar-refractivity contribution >= 4 is 62.3 Å². The monoisotopic (exact) mass is 653 g/mol. The van der Waals surface area contributed by atoms with E-state index < -0.39 is 28.5 Å². The van der Waals surface area contributed by atoms with Gasteiger partial charge in [0.2, 0.25) is 11.8 Å². The van der Waals surface area contributed by atoms with Gasteiger partial charge in [0, 0.05) is 17.6 Å². The Bertz CT molecular complexity index is 1510. The Balaban J connectivity index is 2.13. The molecule has 3 aromatic carbocycles. The molecule has 3 rings (SSSR count). The first-order chi connectivity index (χ1) is 19.9. The van der Waals surface area contributed by atoms with Crippen LogP contribution in [0.25, 0.3) is 0 Å². The minimum Gasteiger partial charge on any atom is -0.495 e. The molecule has 42 heavy (non-hydrogen) atoms. The van der Waals surface area contributed by atoms with Crippen molar-refractivity contribution in [1.82, 2.24) is 10.2 Å². The van der Waals surface area contributed by atoms with Gasteiger partial charge in [0.1, 0.15) is 18.3 Å². The van der Waals surface area contributed by atoms with Gasteiger partial charge in [-0.05, 0) is 67.8 Å². The molecule has 0 saturated carbocycles. The number of rotatable bonds is 13. The second kappa shape index (κ2) is 15.0. The standard InChI is InChI=1S/C30H34Cl3N3O5S/c1-5-20(3)34-30(38)26(6-2)35(18-21-12-14-24(32)25(33)16-21)29(37)19-36(27-17-22(31)13-15-28(27)41-4)42(39,40)23-10-8-7-9-11-23/h7-17,20,26H,5-6,18-19H2,1-4H3,(H,34,38). The van der Waals surface area contributed by atoms with Gasteiger partial charge in [0.15, 0.2) is 0 Å². The van der Waals surface area contributed by atoms with Crippen molar-refractivity contribution in [3.63, 3.8) is 0 Å². The third kappa shape index (κ3) is 8.10. The van der Waals surface area contributed by atoms with E-state index in [0.717, 1.165) is 4.31 Å².